The summed E-state index contributed by atoms with van der Waals surface area (Å²) in [6.45, 7) is 4.09. The maximum atomic E-state index is 13.8. The van der Waals surface area contributed by atoms with E-state index in [1.54, 1.807) is 11.0 Å². The van der Waals surface area contributed by atoms with Gasteiger partial charge >= 0.3 is 0 Å². The molecule has 0 aromatic heterocycles. The lowest BCUT2D eigenvalue weighted by atomic mass is 9.94. The molecule has 1 N–H and O–H groups in total. The molecule has 0 aliphatic heterocycles. The Balaban J connectivity index is 1.62. The molecular formula is C32H37ClN2O3. The SMILES string of the molecule is Cc1cc(C)cc(OCC(=O)N(Cc2cccc(Cl)c2)C(Cc2ccccc2)C(=O)NC2CCCCC2)c1. The molecule has 0 bridgehead atoms. The van der Waals surface area contributed by atoms with Crippen LogP contribution in [-0.2, 0) is 22.6 Å². The molecule has 1 unspecified atom stereocenters. The highest BCUT2D eigenvalue weighted by atomic mass is 35.5. The van der Waals surface area contributed by atoms with Crippen molar-refractivity contribution in [2.45, 2.75) is 71.0 Å². The summed E-state index contributed by atoms with van der Waals surface area (Å²) in [5.41, 5.74) is 3.99. The zero-order valence-electron chi connectivity index (χ0n) is 22.3. The van der Waals surface area contributed by atoms with Crippen LogP contribution < -0.4 is 10.1 Å². The molecule has 0 saturated heterocycles. The molecule has 1 aliphatic rings. The van der Waals surface area contributed by atoms with Gasteiger partial charge in [0.25, 0.3) is 5.91 Å². The van der Waals surface area contributed by atoms with Crippen molar-refractivity contribution in [1.29, 1.82) is 0 Å². The number of aryl methyl sites for hydroxylation is 2. The van der Waals surface area contributed by atoms with Gasteiger partial charge in [-0.05, 0) is 73.2 Å². The van der Waals surface area contributed by atoms with E-state index in [0.717, 1.165) is 47.9 Å². The number of rotatable bonds is 10. The summed E-state index contributed by atoms with van der Waals surface area (Å²) in [5, 5.41) is 3.85. The number of benzene rings is 3. The number of hydrogen-bond donors (Lipinski definition) is 1. The summed E-state index contributed by atoms with van der Waals surface area (Å²) in [6.07, 6.45) is 5.79. The van der Waals surface area contributed by atoms with E-state index in [0.29, 0.717) is 17.2 Å². The van der Waals surface area contributed by atoms with Crippen molar-refractivity contribution in [2.24, 2.45) is 0 Å². The fourth-order valence-corrected chi connectivity index (χ4v) is 5.39. The van der Waals surface area contributed by atoms with E-state index in [2.05, 4.69) is 11.4 Å². The van der Waals surface area contributed by atoms with Gasteiger partial charge in [-0.3, -0.25) is 9.59 Å². The van der Waals surface area contributed by atoms with Gasteiger partial charge in [0, 0.05) is 24.0 Å². The van der Waals surface area contributed by atoms with Gasteiger partial charge in [-0.2, -0.15) is 0 Å². The van der Waals surface area contributed by atoms with Crippen molar-refractivity contribution < 1.29 is 14.3 Å². The summed E-state index contributed by atoms with van der Waals surface area (Å²) in [5.74, 6) is 0.274. The highest BCUT2D eigenvalue weighted by Gasteiger charge is 2.32. The highest BCUT2D eigenvalue weighted by Crippen LogP contribution is 2.21. The van der Waals surface area contributed by atoms with Crippen molar-refractivity contribution in [1.82, 2.24) is 10.2 Å². The summed E-state index contributed by atoms with van der Waals surface area (Å²) in [7, 11) is 0. The topological polar surface area (TPSA) is 58.6 Å². The number of ether oxygens (including phenoxy) is 1. The molecule has 0 radical (unpaired) electrons. The first-order valence-corrected chi connectivity index (χ1v) is 13.8. The van der Waals surface area contributed by atoms with E-state index in [9.17, 15) is 9.59 Å². The predicted molar refractivity (Wildman–Crippen MR) is 152 cm³/mol. The van der Waals surface area contributed by atoms with Gasteiger partial charge < -0.3 is 15.0 Å². The van der Waals surface area contributed by atoms with Gasteiger partial charge in [-0.25, -0.2) is 0 Å². The van der Waals surface area contributed by atoms with Crippen LogP contribution in [0.1, 0.15) is 54.4 Å². The quantitative estimate of drug-likeness (QED) is 0.327. The average molecular weight is 533 g/mol. The van der Waals surface area contributed by atoms with Crippen LogP contribution in [-0.4, -0.2) is 35.4 Å². The Morgan fingerprint density at radius 3 is 2.29 bits per heavy atom. The summed E-state index contributed by atoms with van der Waals surface area (Å²) < 4.78 is 5.95. The van der Waals surface area contributed by atoms with E-state index in [1.807, 2.05) is 74.5 Å². The summed E-state index contributed by atoms with van der Waals surface area (Å²) in [6, 6.07) is 22.6. The molecule has 4 rings (SSSR count). The molecule has 3 aromatic carbocycles. The number of nitrogens with zero attached hydrogens (tertiary/aromatic N) is 1. The standard InChI is InChI=1S/C32H37ClN2O3/c1-23-16-24(2)18-29(17-23)38-22-31(36)35(21-26-12-9-13-27(33)19-26)30(20-25-10-5-3-6-11-25)32(37)34-28-14-7-4-8-15-28/h3,5-6,9-13,16-19,28,30H,4,7-8,14-15,20-22H2,1-2H3,(H,34,37). The molecule has 1 aliphatic carbocycles. The molecule has 1 fully saturated rings. The molecule has 5 nitrogen and oxygen atoms in total. The van der Waals surface area contributed by atoms with E-state index in [1.165, 1.54) is 6.42 Å². The number of halogens is 1. The second-order valence-electron chi connectivity index (χ2n) is 10.3. The van der Waals surface area contributed by atoms with Gasteiger partial charge in [-0.1, -0.05) is 79.4 Å². The number of carbonyl (C=O) groups is 2. The van der Waals surface area contributed by atoms with E-state index >= 15 is 0 Å². The van der Waals surface area contributed by atoms with Crippen LogP contribution in [0.4, 0.5) is 0 Å². The number of nitrogens with one attached hydrogen (secondary N) is 1. The second-order valence-corrected chi connectivity index (χ2v) is 10.7. The third-order valence-electron chi connectivity index (χ3n) is 7.02. The maximum Gasteiger partial charge on any atom is 0.261 e. The first-order valence-electron chi connectivity index (χ1n) is 13.5. The van der Waals surface area contributed by atoms with E-state index < -0.39 is 6.04 Å². The molecule has 6 heteroatoms. The largest absolute Gasteiger partial charge is 0.484 e. The Hall–Kier alpha value is -3.31. The van der Waals surface area contributed by atoms with Crippen LogP contribution in [0.2, 0.25) is 5.02 Å². The lowest BCUT2D eigenvalue weighted by molar-refractivity contribution is -0.143. The van der Waals surface area contributed by atoms with Gasteiger partial charge in [0.2, 0.25) is 5.91 Å². The monoisotopic (exact) mass is 532 g/mol. The minimum atomic E-state index is -0.686. The molecule has 2 amide bonds. The summed E-state index contributed by atoms with van der Waals surface area (Å²) in [4.78, 5) is 29.3. The van der Waals surface area contributed by atoms with Crippen LogP contribution in [0.25, 0.3) is 0 Å². The maximum absolute atomic E-state index is 13.8. The third-order valence-corrected chi connectivity index (χ3v) is 7.26. The first kappa shape index (κ1) is 27.7. The molecule has 3 aromatic rings. The van der Waals surface area contributed by atoms with E-state index in [4.69, 9.17) is 16.3 Å². The fourth-order valence-electron chi connectivity index (χ4n) is 5.17. The lowest BCUT2D eigenvalue weighted by Crippen LogP contribution is -2.53. The molecule has 1 saturated carbocycles. The first-order chi connectivity index (χ1) is 18.4. The van der Waals surface area contributed by atoms with Crippen molar-refractivity contribution in [3.63, 3.8) is 0 Å². The van der Waals surface area contributed by atoms with Crippen molar-refractivity contribution >= 4 is 23.4 Å². The molecular weight excluding hydrogens is 496 g/mol. The molecule has 0 heterocycles. The van der Waals surface area contributed by atoms with Crippen molar-refractivity contribution in [3.8, 4) is 5.75 Å². The zero-order valence-corrected chi connectivity index (χ0v) is 23.0. The number of hydrogen-bond acceptors (Lipinski definition) is 3. The normalized spacial score (nSPS) is 14.5. The smallest absolute Gasteiger partial charge is 0.261 e. The van der Waals surface area contributed by atoms with Crippen LogP contribution in [0.5, 0.6) is 5.75 Å². The van der Waals surface area contributed by atoms with Crippen molar-refractivity contribution in [2.75, 3.05) is 6.61 Å². The lowest BCUT2D eigenvalue weighted by Gasteiger charge is -2.33. The Bertz CT molecular complexity index is 1200. The number of carbonyl (C=O) groups excluding carboxylic acids is 2. The molecule has 1 atom stereocenters. The highest BCUT2D eigenvalue weighted by molar-refractivity contribution is 6.30. The average Bonchev–Trinajstić information content (AvgIpc) is 2.90. The Labute approximate surface area is 231 Å². The van der Waals surface area contributed by atoms with Crippen molar-refractivity contribution in [3.05, 3.63) is 100 Å². The van der Waals surface area contributed by atoms with Gasteiger partial charge in [0.15, 0.2) is 6.61 Å². The second kappa shape index (κ2) is 13.5. The van der Waals surface area contributed by atoms with E-state index in [-0.39, 0.29) is 31.0 Å². The minimum absolute atomic E-state index is 0.123. The Morgan fingerprint density at radius 2 is 1.61 bits per heavy atom. The van der Waals surface area contributed by atoms with Crippen LogP contribution in [0.3, 0.4) is 0 Å². The van der Waals surface area contributed by atoms with Crippen LogP contribution in [0, 0.1) is 13.8 Å². The van der Waals surface area contributed by atoms with Gasteiger partial charge in [0.05, 0.1) is 0 Å². The fraction of sp³-hybridized carbons (Fsp3) is 0.375. The number of amides is 2. The molecule has 200 valence electrons. The minimum Gasteiger partial charge on any atom is -0.484 e. The zero-order chi connectivity index (χ0) is 26.9. The third kappa shape index (κ3) is 8.09. The van der Waals surface area contributed by atoms with Gasteiger partial charge in [0.1, 0.15) is 11.8 Å². The van der Waals surface area contributed by atoms with Crippen LogP contribution in [0.15, 0.2) is 72.8 Å². The molecule has 0 spiro atoms. The van der Waals surface area contributed by atoms with Gasteiger partial charge in [-0.15, -0.1) is 0 Å². The Morgan fingerprint density at radius 1 is 0.921 bits per heavy atom. The van der Waals surface area contributed by atoms with Crippen LogP contribution >= 0.6 is 11.6 Å². The predicted octanol–water partition coefficient (Wildman–Crippen LogP) is 6.42. The molecule has 38 heavy (non-hydrogen) atoms. The Kier molecular flexibility index (Phi) is 9.83. The summed E-state index contributed by atoms with van der Waals surface area (Å²) >= 11 is 6.27.